The Morgan fingerprint density at radius 2 is 1.62 bits per heavy atom. The molecule has 1 heterocycles. The van der Waals surface area contributed by atoms with E-state index in [1.54, 1.807) is 6.92 Å². The number of amides is 5. The van der Waals surface area contributed by atoms with Gasteiger partial charge in [0.05, 0.1) is 6.04 Å². The first kappa shape index (κ1) is 41.7. The van der Waals surface area contributed by atoms with Crippen LogP contribution < -0.4 is 21.3 Å². The number of carbonyl (C=O) groups is 7. The number of rotatable bonds is 19. The average molecular weight is 726 g/mol. The monoisotopic (exact) mass is 725 g/mol. The first-order chi connectivity index (χ1) is 24.9. The first-order valence-corrected chi connectivity index (χ1v) is 18.4. The average Bonchev–Trinajstić information content (AvgIpc) is 3.64. The van der Waals surface area contributed by atoms with Gasteiger partial charge in [-0.2, -0.15) is 0 Å². The van der Waals surface area contributed by atoms with Gasteiger partial charge in [0.2, 0.25) is 23.5 Å². The minimum Gasteiger partial charge on any atom is -0.460 e. The Kier molecular flexibility index (Phi) is 17.3. The maximum Gasteiger partial charge on any atom is 0.408 e. The molecule has 2 fully saturated rings. The van der Waals surface area contributed by atoms with E-state index in [1.165, 1.54) is 11.0 Å². The second-order valence-electron chi connectivity index (χ2n) is 13.8. The van der Waals surface area contributed by atoms with Crippen molar-refractivity contribution in [2.24, 2.45) is 11.8 Å². The van der Waals surface area contributed by atoms with Crippen LogP contribution in [-0.4, -0.2) is 90.2 Å². The van der Waals surface area contributed by atoms with Crippen LogP contribution in [0.5, 0.6) is 0 Å². The third kappa shape index (κ3) is 13.1. The zero-order chi connectivity index (χ0) is 38.0. The van der Waals surface area contributed by atoms with Crippen molar-refractivity contribution in [2.45, 2.75) is 116 Å². The molecule has 1 saturated carbocycles. The molecule has 286 valence electrons. The summed E-state index contributed by atoms with van der Waals surface area (Å²) in [5.74, 6) is -4.33. The summed E-state index contributed by atoms with van der Waals surface area (Å²) in [4.78, 5) is 93.5. The number of Topliss-reactive ketones (excluding diaryl/α,β-unsaturated/α-hetero) is 1. The number of ketones is 1. The molecule has 3 rings (SSSR count). The molecule has 2 aliphatic rings. The molecule has 1 aromatic rings. The second-order valence-corrected chi connectivity index (χ2v) is 13.8. The van der Waals surface area contributed by atoms with E-state index in [0.717, 1.165) is 24.8 Å². The fraction of sp³-hybridized carbons (Fsp3) is 0.605. The van der Waals surface area contributed by atoms with Crippen molar-refractivity contribution in [1.82, 2.24) is 26.2 Å². The lowest BCUT2D eigenvalue weighted by atomic mass is 9.83. The van der Waals surface area contributed by atoms with Gasteiger partial charge in [-0.15, -0.1) is 0 Å². The molecule has 52 heavy (non-hydrogen) atoms. The van der Waals surface area contributed by atoms with Crippen LogP contribution in [0.2, 0.25) is 0 Å². The summed E-state index contributed by atoms with van der Waals surface area (Å²) in [7, 11) is 0. The number of esters is 1. The third-order valence-electron chi connectivity index (χ3n) is 9.24. The topological polar surface area (TPSA) is 189 Å². The minimum absolute atomic E-state index is 0.0321. The number of alkyl carbamates (subject to hydrolysis) is 1. The molecule has 0 bridgehead atoms. The lowest BCUT2D eigenvalue weighted by molar-refractivity contribution is -0.146. The fourth-order valence-corrected chi connectivity index (χ4v) is 6.62. The van der Waals surface area contributed by atoms with Gasteiger partial charge in [-0.3, -0.25) is 28.8 Å². The molecule has 0 aromatic heterocycles. The Morgan fingerprint density at radius 1 is 0.904 bits per heavy atom. The van der Waals surface area contributed by atoms with E-state index >= 15 is 0 Å². The minimum atomic E-state index is -1.17. The van der Waals surface area contributed by atoms with Gasteiger partial charge >= 0.3 is 12.1 Å². The van der Waals surface area contributed by atoms with Crippen molar-refractivity contribution < 1.29 is 43.0 Å². The summed E-state index contributed by atoms with van der Waals surface area (Å²) in [5, 5.41) is 10.5. The van der Waals surface area contributed by atoms with Crippen molar-refractivity contribution >= 4 is 41.5 Å². The van der Waals surface area contributed by atoms with Crippen molar-refractivity contribution in [3.05, 3.63) is 48.6 Å². The number of benzene rings is 1. The van der Waals surface area contributed by atoms with E-state index in [9.17, 15) is 33.6 Å². The predicted octanol–water partition coefficient (Wildman–Crippen LogP) is 3.08. The lowest BCUT2D eigenvalue weighted by Crippen LogP contribution is -2.60. The molecule has 14 nitrogen and oxygen atoms in total. The van der Waals surface area contributed by atoms with Gasteiger partial charge in [-0.05, 0) is 55.9 Å². The summed E-state index contributed by atoms with van der Waals surface area (Å²) in [6.07, 6.45) is 6.65. The number of nitrogens with zero attached hydrogens (tertiary/aromatic N) is 1. The van der Waals surface area contributed by atoms with E-state index in [1.807, 2.05) is 44.2 Å². The van der Waals surface area contributed by atoms with E-state index in [4.69, 9.17) is 9.47 Å². The van der Waals surface area contributed by atoms with Gasteiger partial charge < -0.3 is 35.6 Å². The molecule has 0 unspecified atom stereocenters. The molecular formula is C38H55N5O9. The number of nitrogens with one attached hydrogen (secondary N) is 4. The maximum absolute atomic E-state index is 14.3. The molecule has 1 aliphatic heterocycles. The summed E-state index contributed by atoms with van der Waals surface area (Å²) in [6, 6.07) is 5.18. The first-order valence-electron chi connectivity index (χ1n) is 18.4. The Bertz CT molecular complexity index is 1400. The molecule has 1 saturated heterocycles. The van der Waals surface area contributed by atoms with E-state index < -0.39 is 72.2 Å². The highest BCUT2D eigenvalue weighted by Crippen LogP contribution is 2.29. The maximum atomic E-state index is 14.3. The van der Waals surface area contributed by atoms with E-state index in [-0.39, 0.29) is 38.0 Å². The smallest absolute Gasteiger partial charge is 0.408 e. The molecule has 4 N–H and O–H groups in total. The van der Waals surface area contributed by atoms with Gasteiger partial charge in [0.1, 0.15) is 37.9 Å². The highest BCUT2D eigenvalue weighted by molar-refractivity contribution is 6.38. The third-order valence-corrected chi connectivity index (χ3v) is 9.24. The number of carbonyl (C=O) groups excluding carboxylic acids is 7. The predicted molar refractivity (Wildman–Crippen MR) is 192 cm³/mol. The standard InChI is InChI=1S/C38H55N5O9/c1-5-14-28(33(45)36(48)39-23-31(44)51-21-6-2)40-35(47)30-19-13-20-43(30)37(49)32(27-17-11-8-12-18-27)42-34(46)29(22-25(3)4)41-38(50)52-24-26-15-9-7-10-16-26/h6-7,9-10,15-16,25,27-30,32H,2,5,8,11-14,17-24H2,1,3-4H3,(H,39,48)(H,40,47)(H,41,50)(H,42,46)/t28-,29-,30-,32-/m0/s1. The van der Waals surface area contributed by atoms with Crippen LogP contribution in [0, 0.1) is 11.8 Å². The molecule has 1 aromatic carbocycles. The fourth-order valence-electron chi connectivity index (χ4n) is 6.62. The number of ether oxygens (including phenoxy) is 2. The summed E-state index contributed by atoms with van der Waals surface area (Å²) >= 11 is 0. The van der Waals surface area contributed by atoms with Gasteiger partial charge in [0, 0.05) is 6.54 Å². The lowest BCUT2D eigenvalue weighted by Gasteiger charge is -2.35. The molecule has 1 aliphatic carbocycles. The second kappa shape index (κ2) is 21.6. The van der Waals surface area contributed by atoms with Crippen molar-refractivity contribution in [1.29, 1.82) is 0 Å². The Labute approximate surface area is 306 Å². The van der Waals surface area contributed by atoms with Crippen molar-refractivity contribution in [3.8, 4) is 0 Å². The molecular weight excluding hydrogens is 670 g/mol. The number of hydrogen-bond donors (Lipinski definition) is 4. The summed E-state index contributed by atoms with van der Waals surface area (Å²) < 4.78 is 10.2. The van der Waals surface area contributed by atoms with Crippen LogP contribution in [0.25, 0.3) is 0 Å². The van der Waals surface area contributed by atoms with Crippen LogP contribution in [0.4, 0.5) is 4.79 Å². The van der Waals surface area contributed by atoms with Crippen LogP contribution in [0.1, 0.15) is 90.5 Å². The van der Waals surface area contributed by atoms with Crippen molar-refractivity contribution in [2.75, 3.05) is 19.7 Å². The largest absolute Gasteiger partial charge is 0.460 e. The Hall–Kier alpha value is -4.75. The molecule has 5 amide bonds. The molecule has 4 atom stereocenters. The van der Waals surface area contributed by atoms with E-state index in [0.29, 0.717) is 38.5 Å². The summed E-state index contributed by atoms with van der Waals surface area (Å²) in [6.45, 7) is 8.82. The SMILES string of the molecule is C=CCOC(=O)CNC(=O)C(=O)[C@H](CCC)NC(=O)[C@@H]1CCCN1C(=O)[C@@H](NC(=O)[C@H](CC(C)C)NC(=O)OCc1ccccc1)C1CCCCC1. The van der Waals surface area contributed by atoms with Crippen molar-refractivity contribution in [3.63, 3.8) is 0 Å². The van der Waals surface area contributed by atoms with Crippen LogP contribution in [0.15, 0.2) is 43.0 Å². The van der Waals surface area contributed by atoms with Crippen LogP contribution >= 0.6 is 0 Å². The number of likely N-dealkylation sites (tertiary alicyclic amines) is 1. The van der Waals surface area contributed by atoms with E-state index in [2.05, 4.69) is 27.8 Å². The Balaban J connectivity index is 1.72. The molecule has 0 spiro atoms. The molecule has 14 heteroatoms. The van der Waals surface area contributed by atoms with Gasteiger partial charge in [-0.1, -0.05) is 89.4 Å². The van der Waals surface area contributed by atoms with Crippen LogP contribution in [-0.2, 0) is 44.8 Å². The quantitative estimate of drug-likeness (QED) is 0.0944. The molecule has 0 radical (unpaired) electrons. The van der Waals surface area contributed by atoms with Gasteiger partial charge in [0.15, 0.2) is 0 Å². The number of hydrogen-bond acceptors (Lipinski definition) is 9. The summed E-state index contributed by atoms with van der Waals surface area (Å²) in [5.41, 5.74) is 0.796. The highest BCUT2D eigenvalue weighted by Gasteiger charge is 2.42. The normalized spacial score (nSPS) is 17.6. The highest BCUT2D eigenvalue weighted by atomic mass is 16.5. The zero-order valence-corrected chi connectivity index (χ0v) is 30.7. The zero-order valence-electron chi connectivity index (χ0n) is 30.7. The van der Waals surface area contributed by atoms with Crippen LogP contribution in [0.3, 0.4) is 0 Å². The van der Waals surface area contributed by atoms with Gasteiger partial charge in [-0.25, -0.2) is 4.79 Å². The van der Waals surface area contributed by atoms with Gasteiger partial charge in [0.25, 0.3) is 5.91 Å². The Morgan fingerprint density at radius 3 is 2.27 bits per heavy atom.